The standard InChI is InChI=1S/C18H20ClNO2/c1-3-17(22-16-11-9-15(19)10-12-16)18(21)20-13(2)14-7-5-4-6-8-14/h4-13,17H,3H2,1-2H3,(H,20,21)/t13-,17-/m1/s1. The van der Waals surface area contributed by atoms with Crippen LogP contribution in [0.25, 0.3) is 0 Å². The predicted octanol–water partition coefficient (Wildman–Crippen LogP) is 4.37. The zero-order chi connectivity index (χ0) is 15.9. The molecule has 0 aliphatic rings. The summed E-state index contributed by atoms with van der Waals surface area (Å²) in [6, 6.07) is 16.8. The third-order valence-corrected chi connectivity index (χ3v) is 3.67. The molecular weight excluding hydrogens is 298 g/mol. The molecule has 0 saturated heterocycles. The van der Waals surface area contributed by atoms with Crippen LogP contribution in [0, 0.1) is 0 Å². The van der Waals surface area contributed by atoms with Gasteiger partial charge in [0.05, 0.1) is 6.04 Å². The summed E-state index contributed by atoms with van der Waals surface area (Å²) in [7, 11) is 0. The average molecular weight is 318 g/mol. The van der Waals surface area contributed by atoms with E-state index in [9.17, 15) is 4.79 Å². The Labute approximate surface area is 136 Å². The second-order valence-electron chi connectivity index (χ2n) is 5.11. The summed E-state index contributed by atoms with van der Waals surface area (Å²) in [4.78, 5) is 12.4. The van der Waals surface area contributed by atoms with Crippen LogP contribution in [0.1, 0.15) is 31.9 Å². The van der Waals surface area contributed by atoms with E-state index in [1.807, 2.05) is 44.2 Å². The smallest absolute Gasteiger partial charge is 0.261 e. The molecule has 2 atom stereocenters. The van der Waals surface area contributed by atoms with Crippen molar-refractivity contribution in [2.45, 2.75) is 32.4 Å². The van der Waals surface area contributed by atoms with Gasteiger partial charge in [-0.25, -0.2) is 0 Å². The largest absolute Gasteiger partial charge is 0.481 e. The maximum Gasteiger partial charge on any atom is 0.261 e. The number of hydrogen-bond donors (Lipinski definition) is 1. The first kappa shape index (κ1) is 16.4. The third kappa shape index (κ3) is 4.50. The number of hydrogen-bond acceptors (Lipinski definition) is 2. The Hall–Kier alpha value is -2.00. The lowest BCUT2D eigenvalue weighted by atomic mass is 10.1. The molecule has 116 valence electrons. The Balaban J connectivity index is 1.98. The van der Waals surface area contributed by atoms with Crippen LogP contribution in [0.3, 0.4) is 0 Å². The van der Waals surface area contributed by atoms with Crippen molar-refractivity contribution in [3.05, 3.63) is 65.2 Å². The van der Waals surface area contributed by atoms with Gasteiger partial charge in [-0.05, 0) is 43.2 Å². The van der Waals surface area contributed by atoms with Crippen LogP contribution in [0.4, 0.5) is 0 Å². The first-order valence-corrected chi connectivity index (χ1v) is 7.75. The Morgan fingerprint density at radius 3 is 2.36 bits per heavy atom. The van der Waals surface area contributed by atoms with Crippen molar-refractivity contribution in [2.75, 3.05) is 0 Å². The van der Waals surface area contributed by atoms with Crippen LogP contribution in [-0.4, -0.2) is 12.0 Å². The monoisotopic (exact) mass is 317 g/mol. The number of carbonyl (C=O) groups excluding carboxylic acids is 1. The molecule has 22 heavy (non-hydrogen) atoms. The summed E-state index contributed by atoms with van der Waals surface area (Å²) in [6.07, 6.45) is 0.0722. The molecule has 2 rings (SSSR count). The fourth-order valence-corrected chi connectivity index (χ4v) is 2.26. The fraction of sp³-hybridized carbons (Fsp3) is 0.278. The van der Waals surface area contributed by atoms with Gasteiger partial charge in [0.1, 0.15) is 5.75 Å². The number of rotatable bonds is 6. The molecule has 0 aliphatic heterocycles. The number of benzene rings is 2. The zero-order valence-corrected chi connectivity index (χ0v) is 13.5. The first-order valence-electron chi connectivity index (χ1n) is 7.37. The molecule has 0 spiro atoms. The van der Waals surface area contributed by atoms with Crippen LogP contribution in [0.15, 0.2) is 54.6 Å². The van der Waals surface area contributed by atoms with E-state index >= 15 is 0 Å². The normalized spacial score (nSPS) is 13.2. The lowest BCUT2D eigenvalue weighted by molar-refractivity contribution is -0.128. The number of amides is 1. The van der Waals surface area contributed by atoms with Crippen LogP contribution in [0.5, 0.6) is 5.75 Å². The van der Waals surface area contributed by atoms with Crippen molar-refractivity contribution in [1.82, 2.24) is 5.32 Å². The van der Waals surface area contributed by atoms with E-state index < -0.39 is 6.10 Å². The Kier molecular flexibility index (Phi) is 5.84. The molecule has 2 aromatic carbocycles. The molecule has 0 fully saturated rings. The van der Waals surface area contributed by atoms with Crippen molar-refractivity contribution >= 4 is 17.5 Å². The summed E-state index contributed by atoms with van der Waals surface area (Å²) >= 11 is 5.85. The fourth-order valence-electron chi connectivity index (χ4n) is 2.13. The van der Waals surface area contributed by atoms with E-state index in [0.717, 1.165) is 5.56 Å². The SMILES string of the molecule is CC[C@@H](Oc1ccc(Cl)cc1)C(=O)N[C@H](C)c1ccccc1. The van der Waals surface area contributed by atoms with Gasteiger partial charge in [0.25, 0.3) is 5.91 Å². The molecule has 0 aromatic heterocycles. The Bertz CT molecular complexity index is 598. The summed E-state index contributed by atoms with van der Waals surface area (Å²) in [5, 5.41) is 3.63. The predicted molar refractivity (Wildman–Crippen MR) is 89.2 cm³/mol. The molecule has 0 unspecified atom stereocenters. The summed E-state index contributed by atoms with van der Waals surface area (Å²) in [6.45, 7) is 3.88. The second kappa shape index (κ2) is 7.85. The van der Waals surface area contributed by atoms with E-state index in [4.69, 9.17) is 16.3 Å². The van der Waals surface area contributed by atoms with E-state index in [1.165, 1.54) is 0 Å². The molecule has 0 bridgehead atoms. The molecule has 0 radical (unpaired) electrons. The van der Waals surface area contributed by atoms with Gasteiger partial charge in [-0.3, -0.25) is 4.79 Å². The average Bonchev–Trinajstić information content (AvgIpc) is 2.55. The molecule has 3 nitrogen and oxygen atoms in total. The van der Waals surface area contributed by atoms with Crippen LogP contribution >= 0.6 is 11.6 Å². The van der Waals surface area contributed by atoms with E-state index in [1.54, 1.807) is 24.3 Å². The quantitative estimate of drug-likeness (QED) is 0.859. The molecule has 0 aliphatic carbocycles. The molecule has 1 amide bonds. The van der Waals surface area contributed by atoms with Crippen LogP contribution < -0.4 is 10.1 Å². The summed E-state index contributed by atoms with van der Waals surface area (Å²) in [5.74, 6) is 0.521. The van der Waals surface area contributed by atoms with Gasteiger partial charge in [-0.15, -0.1) is 0 Å². The third-order valence-electron chi connectivity index (χ3n) is 3.41. The lowest BCUT2D eigenvalue weighted by Gasteiger charge is -2.20. The number of nitrogens with one attached hydrogen (secondary N) is 1. The van der Waals surface area contributed by atoms with Gasteiger partial charge < -0.3 is 10.1 Å². The molecule has 1 N–H and O–H groups in total. The highest BCUT2D eigenvalue weighted by atomic mass is 35.5. The maximum absolute atomic E-state index is 12.4. The van der Waals surface area contributed by atoms with Crippen molar-refractivity contribution in [2.24, 2.45) is 0 Å². The number of carbonyl (C=O) groups is 1. The summed E-state index contributed by atoms with van der Waals surface area (Å²) < 4.78 is 5.75. The summed E-state index contributed by atoms with van der Waals surface area (Å²) in [5.41, 5.74) is 1.07. The van der Waals surface area contributed by atoms with Crippen molar-refractivity contribution in [3.63, 3.8) is 0 Å². The number of ether oxygens (including phenoxy) is 1. The molecule has 4 heteroatoms. The Morgan fingerprint density at radius 1 is 1.14 bits per heavy atom. The second-order valence-corrected chi connectivity index (χ2v) is 5.55. The van der Waals surface area contributed by atoms with E-state index in [0.29, 0.717) is 17.2 Å². The van der Waals surface area contributed by atoms with Crippen molar-refractivity contribution < 1.29 is 9.53 Å². The van der Waals surface area contributed by atoms with Crippen LogP contribution in [0.2, 0.25) is 5.02 Å². The highest BCUT2D eigenvalue weighted by Crippen LogP contribution is 2.18. The highest BCUT2D eigenvalue weighted by molar-refractivity contribution is 6.30. The maximum atomic E-state index is 12.4. The van der Waals surface area contributed by atoms with Crippen molar-refractivity contribution in [1.29, 1.82) is 0 Å². The van der Waals surface area contributed by atoms with Gasteiger partial charge in [-0.2, -0.15) is 0 Å². The van der Waals surface area contributed by atoms with E-state index in [-0.39, 0.29) is 11.9 Å². The van der Waals surface area contributed by atoms with Crippen LogP contribution in [-0.2, 0) is 4.79 Å². The van der Waals surface area contributed by atoms with Gasteiger partial charge in [0.2, 0.25) is 0 Å². The minimum Gasteiger partial charge on any atom is -0.481 e. The lowest BCUT2D eigenvalue weighted by Crippen LogP contribution is -2.39. The topological polar surface area (TPSA) is 38.3 Å². The first-order chi connectivity index (χ1) is 10.6. The van der Waals surface area contributed by atoms with Gasteiger partial charge in [0.15, 0.2) is 6.10 Å². The van der Waals surface area contributed by atoms with Gasteiger partial charge in [-0.1, -0.05) is 48.9 Å². The zero-order valence-electron chi connectivity index (χ0n) is 12.8. The molecule has 2 aromatic rings. The van der Waals surface area contributed by atoms with Gasteiger partial charge >= 0.3 is 0 Å². The Morgan fingerprint density at radius 2 is 1.77 bits per heavy atom. The number of halogens is 1. The van der Waals surface area contributed by atoms with E-state index in [2.05, 4.69) is 5.32 Å². The molecule has 0 heterocycles. The molecule has 0 saturated carbocycles. The van der Waals surface area contributed by atoms with Crippen molar-refractivity contribution in [3.8, 4) is 5.75 Å². The minimum atomic E-state index is -0.521. The minimum absolute atomic E-state index is 0.0587. The highest BCUT2D eigenvalue weighted by Gasteiger charge is 2.20. The molecular formula is C18H20ClNO2. The van der Waals surface area contributed by atoms with Gasteiger partial charge in [0, 0.05) is 5.02 Å².